The molecule has 1 atom stereocenters. The summed E-state index contributed by atoms with van der Waals surface area (Å²) in [6.07, 6.45) is 0.154. The van der Waals surface area contributed by atoms with E-state index in [1.165, 1.54) is 0 Å². The first kappa shape index (κ1) is 17.3. The standard InChI is InChI=1S/C11H22N4O4/c1-12-7-9(16)14-5-6-15-11(19)8(13-2)3-4-10(17)18/h8,12-13H,3-7H2,1-2H3,(H,14,16)(H,15,19)(H,17,18)/t8-/m0/s1. The Hall–Kier alpha value is -1.67. The van der Waals surface area contributed by atoms with E-state index in [0.717, 1.165) is 0 Å². The Morgan fingerprint density at radius 2 is 1.74 bits per heavy atom. The molecule has 19 heavy (non-hydrogen) atoms. The highest BCUT2D eigenvalue weighted by atomic mass is 16.4. The number of carboxylic acid groups (broad SMARTS) is 1. The lowest BCUT2D eigenvalue weighted by molar-refractivity contribution is -0.137. The summed E-state index contributed by atoms with van der Waals surface area (Å²) in [5.74, 6) is -1.35. The molecule has 0 spiro atoms. The maximum absolute atomic E-state index is 11.7. The number of aliphatic carboxylic acids is 1. The second-order valence-corrected chi connectivity index (χ2v) is 3.94. The molecule has 0 aromatic carbocycles. The van der Waals surface area contributed by atoms with Crippen LogP contribution in [-0.4, -0.2) is 62.7 Å². The number of rotatable bonds is 10. The van der Waals surface area contributed by atoms with Gasteiger partial charge in [0.25, 0.3) is 0 Å². The van der Waals surface area contributed by atoms with Crippen molar-refractivity contribution in [1.29, 1.82) is 0 Å². The van der Waals surface area contributed by atoms with Crippen molar-refractivity contribution < 1.29 is 19.5 Å². The average molecular weight is 274 g/mol. The predicted octanol–water partition coefficient (Wildman–Crippen LogP) is -2.11. The molecule has 5 N–H and O–H groups in total. The Morgan fingerprint density at radius 1 is 1.11 bits per heavy atom. The SMILES string of the molecule is CNCC(=O)NCCNC(=O)[C@H](CCC(=O)O)NC. The third-order valence-electron chi connectivity index (χ3n) is 2.40. The molecule has 0 saturated heterocycles. The smallest absolute Gasteiger partial charge is 0.303 e. The third-order valence-corrected chi connectivity index (χ3v) is 2.40. The number of hydrogen-bond acceptors (Lipinski definition) is 5. The number of carbonyl (C=O) groups excluding carboxylic acids is 2. The summed E-state index contributed by atoms with van der Waals surface area (Å²) in [5.41, 5.74) is 0. The van der Waals surface area contributed by atoms with Gasteiger partial charge in [-0.1, -0.05) is 0 Å². The van der Waals surface area contributed by atoms with Crippen LogP contribution in [0.15, 0.2) is 0 Å². The Labute approximate surface area is 112 Å². The Bertz CT molecular complexity index is 309. The fraction of sp³-hybridized carbons (Fsp3) is 0.727. The van der Waals surface area contributed by atoms with Gasteiger partial charge in [-0.25, -0.2) is 0 Å². The maximum atomic E-state index is 11.7. The molecule has 8 heteroatoms. The van der Waals surface area contributed by atoms with Gasteiger partial charge in [-0.2, -0.15) is 0 Å². The first-order valence-corrected chi connectivity index (χ1v) is 6.09. The Morgan fingerprint density at radius 3 is 2.26 bits per heavy atom. The van der Waals surface area contributed by atoms with E-state index in [1.807, 2.05) is 0 Å². The van der Waals surface area contributed by atoms with Crippen LogP contribution in [0, 0.1) is 0 Å². The van der Waals surface area contributed by atoms with Crippen molar-refractivity contribution in [2.24, 2.45) is 0 Å². The minimum Gasteiger partial charge on any atom is -0.481 e. The molecule has 0 aromatic heterocycles. The summed E-state index contributed by atoms with van der Waals surface area (Å²) in [4.78, 5) is 33.2. The van der Waals surface area contributed by atoms with Crippen LogP contribution in [0.5, 0.6) is 0 Å². The van der Waals surface area contributed by atoms with Crippen LogP contribution in [0.1, 0.15) is 12.8 Å². The molecule has 0 fully saturated rings. The number of hydrogen-bond donors (Lipinski definition) is 5. The zero-order valence-electron chi connectivity index (χ0n) is 11.3. The molecular formula is C11H22N4O4. The second-order valence-electron chi connectivity index (χ2n) is 3.94. The van der Waals surface area contributed by atoms with Gasteiger partial charge in [0, 0.05) is 19.5 Å². The van der Waals surface area contributed by atoms with Crippen molar-refractivity contribution in [2.45, 2.75) is 18.9 Å². The number of carbonyl (C=O) groups is 3. The summed E-state index contributed by atoms with van der Waals surface area (Å²) in [6, 6.07) is -0.538. The van der Waals surface area contributed by atoms with Crippen LogP contribution in [0.3, 0.4) is 0 Å². The molecule has 0 aliphatic heterocycles. The van der Waals surface area contributed by atoms with Gasteiger partial charge >= 0.3 is 5.97 Å². The molecule has 0 heterocycles. The van der Waals surface area contributed by atoms with Gasteiger partial charge < -0.3 is 26.4 Å². The van der Waals surface area contributed by atoms with E-state index in [2.05, 4.69) is 21.3 Å². The zero-order valence-corrected chi connectivity index (χ0v) is 11.3. The summed E-state index contributed by atoms with van der Waals surface area (Å²) < 4.78 is 0. The predicted molar refractivity (Wildman–Crippen MR) is 69.7 cm³/mol. The molecule has 0 saturated carbocycles. The number of nitrogens with one attached hydrogen (secondary N) is 4. The monoisotopic (exact) mass is 274 g/mol. The van der Waals surface area contributed by atoms with Crippen LogP contribution in [0.2, 0.25) is 0 Å². The first-order valence-electron chi connectivity index (χ1n) is 6.09. The van der Waals surface area contributed by atoms with E-state index >= 15 is 0 Å². The average Bonchev–Trinajstić information content (AvgIpc) is 2.35. The Balaban J connectivity index is 3.81. The van der Waals surface area contributed by atoms with Crippen molar-refractivity contribution in [3.05, 3.63) is 0 Å². The van der Waals surface area contributed by atoms with Crippen molar-refractivity contribution in [2.75, 3.05) is 33.7 Å². The van der Waals surface area contributed by atoms with Gasteiger partial charge in [0.2, 0.25) is 11.8 Å². The van der Waals surface area contributed by atoms with Crippen molar-refractivity contribution in [1.82, 2.24) is 21.3 Å². The fourth-order valence-electron chi connectivity index (χ4n) is 1.41. The van der Waals surface area contributed by atoms with E-state index in [0.29, 0.717) is 13.1 Å². The minimum atomic E-state index is -0.938. The van der Waals surface area contributed by atoms with Crippen LogP contribution < -0.4 is 21.3 Å². The molecule has 2 amide bonds. The largest absolute Gasteiger partial charge is 0.481 e. The van der Waals surface area contributed by atoms with E-state index in [4.69, 9.17) is 5.11 Å². The maximum Gasteiger partial charge on any atom is 0.303 e. The highest BCUT2D eigenvalue weighted by Crippen LogP contribution is 1.96. The summed E-state index contributed by atoms with van der Waals surface area (Å²) in [5, 5.41) is 19.3. The van der Waals surface area contributed by atoms with Crippen molar-refractivity contribution in [3.8, 4) is 0 Å². The lowest BCUT2D eigenvalue weighted by atomic mass is 10.1. The molecule has 0 radical (unpaired) electrons. The van der Waals surface area contributed by atoms with Crippen LogP contribution >= 0.6 is 0 Å². The topological polar surface area (TPSA) is 120 Å². The molecule has 0 aliphatic rings. The van der Waals surface area contributed by atoms with Crippen LogP contribution in [0.4, 0.5) is 0 Å². The van der Waals surface area contributed by atoms with Crippen molar-refractivity contribution in [3.63, 3.8) is 0 Å². The fourth-order valence-corrected chi connectivity index (χ4v) is 1.41. The highest BCUT2D eigenvalue weighted by Gasteiger charge is 2.16. The van der Waals surface area contributed by atoms with Gasteiger partial charge in [0.1, 0.15) is 0 Å². The van der Waals surface area contributed by atoms with E-state index in [-0.39, 0.29) is 31.2 Å². The molecule has 0 bridgehead atoms. The van der Waals surface area contributed by atoms with E-state index in [1.54, 1.807) is 14.1 Å². The van der Waals surface area contributed by atoms with Crippen LogP contribution in [0.25, 0.3) is 0 Å². The third kappa shape index (κ3) is 8.97. The number of carboxylic acids is 1. The summed E-state index contributed by atoms with van der Waals surface area (Å²) >= 11 is 0. The number of amides is 2. The van der Waals surface area contributed by atoms with Gasteiger partial charge in [-0.3, -0.25) is 14.4 Å². The molecule has 0 rings (SSSR count). The quantitative estimate of drug-likeness (QED) is 0.291. The van der Waals surface area contributed by atoms with Gasteiger partial charge in [-0.15, -0.1) is 0 Å². The number of likely N-dealkylation sites (N-methyl/N-ethyl adjacent to an activating group) is 2. The molecule has 110 valence electrons. The lowest BCUT2D eigenvalue weighted by Gasteiger charge is -2.15. The second kappa shape index (κ2) is 10.3. The van der Waals surface area contributed by atoms with E-state index < -0.39 is 12.0 Å². The zero-order chi connectivity index (χ0) is 14.7. The molecule has 0 aliphatic carbocycles. The molecule has 0 unspecified atom stereocenters. The lowest BCUT2D eigenvalue weighted by Crippen LogP contribution is -2.45. The van der Waals surface area contributed by atoms with Crippen LogP contribution in [-0.2, 0) is 14.4 Å². The summed E-state index contributed by atoms with van der Waals surface area (Å²) in [6.45, 7) is 0.868. The first-order chi connectivity index (χ1) is 9.01. The van der Waals surface area contributed by atoms with Gasteiger partial charge in [0.15, 0.2) is 0 Å². The highest BCUT2D eigenvalue weighted by molar-refractivity contribution is 5.82. The Kier molecular flexibility index (Phi) is 9.37. The van der Waals surface area contributed by atoms with Gasteiger partial charge in [-0.05, 0) is 20.5 Å². The van der Waals surface area contributed by atoms with Crippen molar-refractivity contribution >= 4 is 17.8 Å². The normalized spacial score (nSPS) is 11.7. The molecular weight excluding hydrogens is 252 g/mol. The molecule has 0 aromatic rings. The summed E-state index contributed by atoms with van der Waals surface area (Å²) in [7, 11) is 3.27. The van der Waals surface area contributed by atoms with Gasteiger partial charge in [0.05, 0.1) is 12.6 Å². The molecule has 8 nitrogen and oxygen atoms in total. The minimum absolute atomic E-state index is 0.0716. The van der Waals surface area contributed by atoms with E-state index in [9.17, 15) is 14.4 Å².